The SMILES string of the molecule is COc1ccc(S(=O)(=O)NCC(OC)c2ccc(C)s2)cc1C. The lowest BCUT2D eigenvalue weighted by Gasteiger charge is -2.15. The molecule has 0 saturated carbocycles. The molecule has 1 atom stereocenters. The molecule has 0 bridgehead atoms. The first kappa shape index (κ1) is 17.9. The molecule has 5 nitrogen and oxygen atoms in total. The molecule has 0 amide bonds. The highest BCUT2D eigenvalue weighted by atomic mass is 32.2. The highest BCUT2D eigenvalue weighted by Crippen LogP contribution is 2.25. The summed E-state index contributed by atoms with van der Waals surface area (Å²) in [7, 11) is -0.464. The van der Waals surface area contributed by atoms with E-state index in [0.29, 0.717) is 5.75 Å². The number of thiophene rings is 1. The molecule has 126 valence electrons. The number of ether oxygens (including phenoxy) is 2. The predicted octanol–water partition coefficient (Wildman–Crippen LogP) is 3.04. The average molecular weight is 355 g/mol. The normalized spacial score (nSPS) is 13.0. The molecule has 0 aliphatic carbocycles. The van der Waals surface area contributed by atoms with E-state index < -0.39 is 10.0 Å². The molecule has 0 aliphatic rings. The third-order valence-electron chi connectivity index (χ3n) is 3.50. The van der Waals surface area contributed by atoms with Gasteiger partial charge in [0.05, 0.1) is 12.0 Å². The summed E-state index contributed by atoms with van der Waals surface area (Å²) in [6.07, 6.45) is -0.303. The minimum atomic E-state index is -3.60. The molecule has 0 saturated heterocycles. The average Bonchev–Trinajstić information content (AvgIpc) is 2.94. The Balaban J connectivity index is 2.13. The summed E-state index contributed by atoms with van der Waals surface area (Å²) in [5, 5.41) is 0. The number of hydrogen-bond donors (Lipinski definition) is 1. The van der Waals surface area contributed by atoms with Gasteiger partial charge in [0, 0.05) is 23.4 Å². The van der Waals surface area contributed by atoms with Gasteiger partial charge in [-0.15, -0.1) is 11.3 Å². The standard InChI is InChI=1S/C16H21NO4S2/c1-11-9-13(6-7-14(11)20-3)23(18,19)17-10-15(21-4)16-8-5-12(2)22-16/h5-9,15,17H,10H2,1-4H3. The third kappa shape index (κ3) is 4.32. The molecule has 0 aliphatic heterocycles. The number of rotatable bonds is 7. The smallest absolute Gasteiger partial charge is 0.240 e. The van der Waals surface area contributed by atoms with Gasteiger partial charge in [-0.05, 0) is 49.7 Å². The number of sulfonamides is 1. The lowest BCUT2D eigenvalue weighted by atomic mass is 10.2. The van der Waals surface area contributed by atoms with Crippen LogP contribution in [0.4, 0.5) is 0 Å². The van der Waals surface area contributed by atoms with E-state index in [4.69, 9.17) is 9.47 Å². The summed E-state index contributed by atoms with van der Waals surface area (Å²) in [6.45, 7) is 4.00. The van der Waals surface area contributed by atoms with Crippen LogP contribution in [-0.4, -0.2) is 29.2 Å². The highest BCUT2D eigenvalue weighted by Gasteiger charge is 2.19. The second kappa shape index (κ2) is 7.44. The number of aryl methyl sites for hydroxylation is 2. The van der Waals surface area contributed by atoms with Crippen LogP contribution in [0.3, 0.4) is 0 Å². The van der Waals surface area contributed by atoms with Crippen molar-refractivity contribution in [2.24, 2.45) is 0 Å². The number of hydrogen-bond acceptors (Lipinski definition) is 5. The van der Waals surface area contributed by atoms with E-state index in [1.165, 1.54) is 6.07 Å². The summed E-state index contributed by atoms with van der Waals surface area (Å²) < 4.78 is 38.0. The lowest BCUT2D eigenvalue weighted by molar-refractivity contribution is 0.110. The van der Waals surface area contributed by atoms with E-state index in [0.717, 1.165) is 15.3 Å². The zero-order valence-electron chi connectivity index (χ0n) is 13.6. The monoisotopic (exact) mass is 355 g/mol. The van der Waals surface area contributed by atoms with Crippen molar-refractivity contribution in [2.75, 3.05) is 20.8 Å². The maximum atomic E-state index is 12.4. The van der Waals surface area contributed by atoms with E-state index >= 15 is 0 Å². The van der Waals surface area contributed by atoms with Gasteiger partial charge < -0.3 is 9.47 Å². The molecule has 23 heavy (non-hydrogen) atoms. The van der Waals surface area contributed by atoms with Crippen LogP contribution >= 0.6 is 11.3 Å². The van der Waals surface area contributed by atoms with Crippen LogP contribution in [0.2, 0.25) is 0 Å². The van der Waals surface area contributed by atoms with E-state index in [1.807, 2.05) is 26.0 Å². The van der Waals surface area contributed by atoms with Crippen LogP contribution < -0.4 is 9.46 Å². The first-order valence-electron chi connectivity index (χ1n) is 7.11. The van der Waals surface area contributed by atoms with Gasteiger partial charge in [0.2, 0.25) is 10.0 Å². The minimum Gasteiger partial charge on any atom is -0.496 e. The molecule has 1 aromatic carbocycles. The highest BCUT2D eigenvalue weighted by molar-refractivity contribution is 7.89. The number of benzene rings is 1. The van der Waals surface area contributed by atoms with Crippen molar-refractivity contribution in [2.45, 2.75) is 24.8 Å². The molecular weight excluding hydrogens is 334 g/mol. The topological polar surface area (TPSA) is 64.6 Å². The fourth-order valence-electron chi connectivity index (χ4n) is 2.21. The molecule has 0 spiro atoms. The van der Waals surface area contributed by atoms with Crippen molar-refractivity contribution in [3.05, 3.63) is 45.6 Å². The Kier molecular flexibility index (Phi) is 5.80. The van der Waals surface area contributed by atoms with Crippen molar-refractivity contribution in [3.8, 4) is 5.75 Å². The van der Waals surface area contributed by atoms with Gasteiger partial charge in [-0.1, -0.05) is 0 Å². The van der Waals surface area contributed by atoms with Gasteiger partial charge in [0.1, 0.15) is 11.9 Å². The first-order chi connectivity index (χ1) is 10.9. The maximum absolute atomic E-state index is 12.4. The van der Waals surface area contributed by atoms with Crippen molar-refractivity contribution >= 4 is 21.4 Å². The Morgan fingerprint density at radius 2 is 1.91 bits per heavy atom. The fourth-order valence-corrected chi connectivity index (χ4v) is 4.28. The molecule has 0 radical (unpaired) electrons. The molecule has 1 unspecified atom stereocenters. The largest absolute Gasteiger partial charge is 0.496 e. The van der Waals surface area contributed by atoms with Crippen LogP contribution in [-0.2, 0) is 14.8 Å². The molecule has 1 aromatic heterocycles. The van der Waals surface area contributed by atoms with Crippen LogP contribution in [0, 0.1) is 13.8 Å². The summed E-state index contributed by atoms with van der Waals surface area (Å²) >= 11 is 1.60. The van der Waals surface area contributed by atoms with Gasteiger partial charge in [-0.25, -0.2) is 13.1 Å². The second-order valence-electron chi connectivity index (χ2n) is 5.16. The number of methoxy groups -OCH3 is 2. The molecular formula is C16H21NO4S2. The van der Waals surface area contributed by atoms with E-state index in [1.54, 1.807) is 37.7 Å². The van der Waals surface area contributed by atoms with Crippen molar-refractivity contribution in [1.82, 2.24) is 4.72 Å². The Morgan fingerprint density at radius 3 is 2.43 bits per heavy atom. The van der Waals surface area contributed by atoms with Gasteiger partial charge >= 0.3 is 0 Å². The Hall–Kier alpha value is -1.41. The Bertz CT molecular complexity index is 768. The number of nitrogens with one attached hydrogen (secondary N) is 1. The molecule has 2 rings (SSSR count). The van der Waals surface area contributed by atoms with Crippen LogP contribution in [0.1, 0.15) is 21.4 Å². The van der Waals surface area contributed by atoms with Gasteiger partial charge in [-0.2, -0.15) is 0 Å². The predicted molar refractivity (Wildman–Crippen MR) is 91.7 cm³/mol. The maximum Gasteiger partial charge on any atom is 0.240 e. The summed E-state index contributed by atoms with van der Waals surface area (Å²) in [5.74, 6) is 0.660. The van der Waals surface area contributed by atoms with E-state index in [9.17, 15) is 8.42 Å². The molecule has 0 fully saturated rings. The zero-order chi connectivity index (χ0) is 17.0. The summed E-state index contributed by atoms with van der Waals surface area (Å²) in [5.41, 5.74) is 0.771. The third-order valence-corrected chi connectivity index (χ3v) is 6.01. The zero-order valence-corrected chi connectivity index (χ0v) is 15.3. The molecule has 2 aromatic rings. The van der Waals surface area contributed by atoms with Crippen LogP contribution in [0.15, 0.2) is 35.2 Å². The Morgan fingerprint density at radius 1 is 1.17 bits per heavy atom. The van der Waals surface area contributed by atoms with Crippen molar-refractivity contribution in [1.29, 1.82) is 0 Å². The molecule has 1 heterocycles. The van der Waals surface area contributed by atoms with E-state index in [2.05, 4.69) is 4.72 Å². The Labute approximate surface area is 141 Å². The van der Waals surface area contributed by atoms with E-state index in [-0.39, 0.29) is 17.5 Å². The fraction of sp³-hybridized carbons (Fsp3) is 0.375. The quantitative estimate of drug-likeness (QED) is 0.829. The van der Waals surface area contributed by atoms with Gasteiger partial charge in [0.25, 0.3) is 0 Å². The lowest BCUT2D eigenvalue weighted by Crippen LogP contribution is -2.29. The summed E-state index contributed by atoms with van der Waals surface area (Å²) in [6, 6.07) is 8.73. The van der Waals surface area contributed by atoms with Crippen LogP contribution in [0.25, 0.3) is 0 Å². The molecule has 1 N–H and O–H groups in total. The first-order valence-corrected chi connectivity index (χ1v) is 9.41. The van der Waals surface area contributed by atoms with Gasteiger partial charge in [0.15, 0.2) is 0 Å². The van der Waals surface area contributed by atoms with Gasteiger partial charge in [-0.3, -0.25) is 0 Å². The minimum absolute atomic E-state index is 0.184. The summed E-state index contributed by atoms with van der Waals surface area (Å²) in [4.78, 5) is 2.38. The van der Waals surface area contributed by atoms with Crippen LogP contribution in [0.5, 0.6) is 5.75 Å². The molecule has 7 heteroatoms. The van der Waals surface area contributed by atoms with Crippen molar-refractivity contribution < 1.29 is 17.9 Å². The second-order valence-corrected chi connectivity index (χ2v) is 8.24. The van der Waals surface area contributed by atoms with Crippen molar-refractivity contribution in [3.63, 3.8) is 0 Å².